The van der Waals surface area contributed by atoms with E-state index >= 15 is 0 Å². The summed E-state index contributed by atoms with van der Waals surface area (Å²) in [5.41, 5.74) is 5.80. The van der Waals surface area contributed by atoms with Gasteiger partial charge < -0.3 is 10.1 Å². The van der Waals surface area contributed by atoms with Gasteiger partial charge in [-0.2, -0.15) is 0 Å². The number of ketones is 1. The van der Waals surface area contributed by atoms with Gasteiger partial charge in [0.25, 0.3) is 0 Å². The minimum atomic E-state index is -0.0691. The maximum atomic E-state index is 12.6. The first-order chi connectivity index (χ1) is 15.1. The molecular formula is C26H32N2O3. The topological polar surface area (TPSA) is 58.6 Å². The van der Waals surface area contributed by atoms with Crippen molar-refractivity contribution in [2.75, 3.05) is 32.8 Å². The Morgan fingerprint density at radius 3 is 2.65 bits per heavy atom. The summed E-state index contributed by atoms with van der Waals surface area (Å²) < 4.78 is 5.50. The summed E-state index contributed by atoms with van der Waals surface area (Å²) in [6, 6.07) is 14.6. The van der Waals surface area contributed by atoms with Gasteiger partial charge in [0, 0.05) is 38.0 Å². The Hall–Kier alpha value is -2.50. The SMILES string of the molecule is Cc1cccc(C(CNC(=O)CCC(=O)c2ccc3c(c2)CCC3)N2CCOCC2)c1. The average molecular weight is 421 g/mol. The summed E-state index contributed by atoms with van der Waals surface area (Å²) in [6.07, 6.45) is 3.80. The van der Waals surface area contributed by atoms with E-state index in [1.54, 1.807) is 0 Å². The smallest absolute Gasteiger partial charge is 0.220 e. The van der Waals surface area contributed by atoms with E-state index in [0.717, 1.165) is 31.5 Å². The lowest BCUT2D eigenvalue weighted by Gasteiger charge is -2.35. The van der Waals surface area contributed by atoms with Gasteiger partial charge in [-0.25, -0.2) is 0 Å². The quantitative estimate of drug-likeness (QED) is 0.663. The molecule has 1 fully saturated rings. The molecule has 2 aromatic carbocycles. The van der Waals surface area contributed by atoms with Gasteiger partial charge in [-0.15, -0.1) is 0 Å². The van der Waals surface area contributed by atoms with Gasteiger partial charge >= 0.3 is 0 Å². The Morgan fingerprint density at radius 2 is 1.84 bits per heavy atom. The van der Waals surface area contributed by atoms with Crippen LogP contribution in [-0.2, 0) is 22.4 Å². The highest BCUT2D eigenvalue weighted by atomic mass is 16.5. The van der Waals surface area contributed by atoms with Crippen LogP contribution in [0.3, 0.4) is 0 Å². The van der Waals surface area contributed by atoms with Crippen molar-refractivity contribution in [3.8, 4) is 0 Å². The van der Waals surface area contributed by atoms with Gasteiger partial charge in [0.05, 0.1) is 19.3 Å². The van der Waals surface area contributed by atoms with E-state index in [1.165, 1.54) is 28.7 Å². The zero-order valence-corrected chi connectivity index (χ0v) is 18.4. The van der Waals surface area contributed by atoms with Gasteiger partial charge in [0.1, 0.15) is 0 Å². The molecule has 1 saturated heterocycles. The van der Waals surface area contributed by atoms with Crippen molar-refractivity contribution in [1.29, 1.82) is 0 Å². The summed E-state index contributed by atoms with van der Waals surface area (Å²) in [7, 11) is 0. The minimum Gasteiger partial charge on any atom is -0.379 e. The molecule has 1 N–H and O–H groups in total. The third-order valence-electron chi connectivity index (χ3n) is 6.41. The molecule has 5 heteroatoms. The van der Waals surface area contributed by atoms with E-state index in [2.05, 4.69) is 47.5 Å². The van der Waals surface area contributed by atoms with Gasteiger partial charge in [-0.05, 0) is 48.9 Å². The first-order valence-corrected chi connectivity index (χ1v) is 11.4. The molecule has 2 aromatic rings. The number of rotatable bonds is 8. The molecule has 31 heavy (non-hydrogen) atoms. The number of Topliss-reactive ketones (excluding diaryl/α,β-unsaturated/α-hetero) is 1. The van der Waals surface area contributed by atoms with E-state index in [4.69, 9.17) is 4.74 Å². The van der Waals surface area contributed by atoms with Crippen LogP contribution in [0.2, 0.25) is 0 Å². The molecule has 0 aromatic heterocycles. The normalized spacial score (nSPS) is 17.2. The number of benzene rings is 2. The first kappa shape index (κ1) is 21.7. The lowest BCUT2D eigenvalue weighted by molar-refractivity contribution is -0.121. The number of hydrogen-bond acceptors (Lipinski definition) is 4. The molecule has 1 amide bonds. The van der Waals surface area contributed by atoms with Crippen molar-refractivity contribution in [2.45, 2.75) is 45.1 Å². The second-order valence-electron chi connectivity index (χ2n) is 8.64. The van der Waals surface area contributed by atoms with Crippen LogP contribution >= 0.6 is 0 Å². The first-order valence-electron chi connectivity index (χ1n) is 11.4. The zero-order valence-electron chi connectivity index (χ0n) is 18.4. The van der Waals surface area contributed by atoms with Crippen molar-refractivity contribution < 1.29 is 14.3 Å². The Morgan fingerprint density at radius 1 is 1.03 bits per heavy atom. The van der Waals surface area contributed by atoms with E-state index in [1.807, 2.05) is 12.1 Å². The van der Waals surface area contributed by atoms with Gasteiger partial charge in [-0.3, -0.25) is 14.5 Å². The fraction of sp³-hybridized carbons (Fsp3) is 0.462. The molecule has 1 atom stereocenters. The molecule has 164 valence electrons. The van der Waals surface area contributed by atoms with E-state index in [0.29, 0.717) is 19.8 Å². The molecule has 1 heterocycles. The fourth-order valence-electron chi connectivity index (χ4n) is 4.64. The molecule has 5 nitrogen and oxygen atoms in total. The fourth-order valence-corrected chi connectivity index (χ4v) is 4.64. The van der Waals surface area contributed by atoms with Crippen molar-refractivity contribution in [2.24, 2.45) is 0 Å². The number of fused-ring (bicyclic) bond motifs is 1. The van der Waals surface area contributed by atoms with Crippen molar-refractivity contribution in [1.82, 2.24) is 10.2 Å². The van der Waals surface area contributed by atoms with Crippen molar-refractivity contribution in [3.05, 3.63) is 70.3 Å². The van der Waals surface area contributed by atoms with E-state index in [9.17, 15) is 9.59 Å². The average Bonchev–Trinajstić information content (AvgIpc) is 3.26. The highest BCUT2D eigenvalue weighted by molar-refractivity contribution is 5.98. The van der Waals surface area contributed by atoms with Gasteiger partial charge in [0.15, 0.2) is 5.78 Å². The number of hydrogen-bond donors (Lipinski definition) is 1. The lowest BCUT2D eigenvalue weighted by atomic mass is 10.0. The second kappa shape index (κ2) is 10.2. The van der Waals surface area contributed by atoms with Crippen molar-refractivity contribution >= 4 is 11.7 Å². The lowest BCUT2D eigenvalue weighted by Crippen LogP contribution is -2.43. The van der Waals surface area contributed by atoms with Crippen LogP contribution < -0.4 is 5.32 Å². The highest BCUT2D eigenvalue weighted by Crippen LogP contribution is 2.24. The zero-order chi connectivity index (χ0) is 21.6. The number of carbonyl (C=O) groups is 2. The second-order valence-corrected chi connectivity index (χ2v) is 8.64. The molecule has 0 bridgehead atoms. The molecular weight excluding hydrogens is 388 g/mol. The predicted octanol–water partition coefficient (Wildman–Crippen LogP) is 3.64. The van der Waals surface area contributed by atoms with Gasteiger partial charge in [-0.1, -0.05) is 42.0 Å². The summed E-state index contributed by atoms with van der Waals surface area (Å²) >= 11 is 0. The van der Waals surface area contributed by atoms with Crippen molar-refractivity contribution in [3.63, 3.8) is 0 Å². The Bertz CT molecular complexity index is 934. The van der Waals surface area contributed by atoms with Crippen LogP contribution in [0, 0.1) is 6.92 Å². The molecule has 1 aliphatic carbocycles. The highest BCUT2D eigenvalue weighted by Gasteiger charge is 2.23. The van der Waals surface area contributed by atoms with E-state index in [-0.39, 0.29) is 30.6 Å². The molecule has 0 saturated carbocycles. The number of nitrogens with zero attached hydrogens (tertiary/aromatic N) is 1. The van der Waals surface area contributed by atoms with Gasteiger partial charge in [0.2, 0.25) is 5.91 Å². The molecule has 0 spiro atoms. The van der Waals surface area contributed by atoms with Crippen LogP contribution in [0.15, 0.2) is 42.5 Å². The number of morpholine rings is 1. The molecule has 1 aliphatic heterocycles. The number of carbonyl (C=O) groups excluding carboxylic acids is 2. The Balaban J connectivity index is 1.32. The monoisotopic (exact) mass is 420 g/mol. The number of nitrogens with one attached hydrogen (secondary N) is 1. The maximum absolute atomic E-state index is 12.6. The molecule has 1 unspecified atom stereocenters. The molecule has 0 radical (unpaired) electrons. The third kappa shape index (κ3) is 5.60. The van der Waals surface area contributed by atoms with E-state index < -0.39 is 0 Å². The Kier molecular flexibility index (Phi) is 7.15. The summed E-state index contributed by atoms with van der Waals surface area (Å²) in [4.78, 5) is 27.5. The summed E-state index contributed by atoms with van der Waals surface area (Å²) in [5, 5.41) is 3.07. The Labute approximate surface area is 184 Å². The van der Waals surface area contributed by atoms with Crippen LogP contribution in [0.4, 0.5) is 0 Å². The third-order valence-corrected chi connectivity index (χ3v) is 6.41. The molecule has 4 rings (SSSR count). The van der Waals surface area contributed by atoms with Crippen LogP contribution in [0.5, 0.6) is 0 Å². The summed E-state index contributed by atoms with van der Waals surface area (Å²) in [5.74, 6) is -0.0197. The van der Waals surface area contributed by atoms with Crippen LogP contribution in [0.25, 0.3) is 0 Å². The maximum Gasteiger partial charge on any atom is 0.220 e. The number of ether oxygens (including phenoxy) is 1. The predicted molar refractivity (Wildman–Crippen MR) is 121 cm³/mol. The number of amides is 1. The largest absolute Gasteiger partial charge is 0.379 e. The number of aryl methyl sites for hydroxylation is 3. The summed E-state index contributed by atoms with van der Waals surface area (Å²) in [6.45, 7) is 5.76. The molecule has 2 aliphatic rings. The minimum absolute atomic E-state index is 0.0493. The van der Waals surface area contributed by atoms with Crippen LogP contribution in [-0.4, -0.2) is 49.4 Å². The van der Waals surface area contributed by atoms with Crippen LogP contribution in [0.1, 0.15) is 57.9 Å². The standard InChI is InChI=1S/C26H32N2O3/c1-19-4-2-7-22(16-19)24(28-12-14-31-15-13-28)18-27-26(30)11-10-25(29)23-9-8-20-5-3-6-21(20)17-23/h2,4,7-9,16-17,24H,3,5-6,10-15,18H2,1H3,(H,27,30).